The van der Waals surface area contributed by atoms with E-state index in [0.29, 0.717) is 6.42 Å². The molecule has 208 valence electrons. The molecule has 2 saturated carbocycles. The van der Waals surface area contributed by atoms with Crippen LogP contribution in [-0.2, 0) is 22.9 Å². The molecule has 0 spiro atoms. The van der Waals surface area contributed by atoms with Crippen molar-refractivity contribution < 1.29 is 19.1 Å². The van der Waals surface area contributed by atoms with Gasteiger partial charge >= 0.3 is 6.09 Å². The van der Waals surface area contributed by atoms with E-state index in [0.717, 1.165) is 49.4 Å². The predicted molar refractivity (Wildman–Crippen MR) is 151 cm³/mol. The van der Waals surface area contributed by atoms with Gasteiger partial charge in [0, 0.05) is 38.2 Å². The number of Topliss-reactive ketones (excluding diaryl/α,β-unsaturated/α-hetero) is 1. The largest absolute Gasteiger partial charge is 0.444 e. The molecule has 0 aliphatic heterocycles. The first-order valence-electron chi connectivity index (χ1n) is 14.2. The van der Waals surface area contributed by atoms with Crippen LogP contribution in [0.1, 0.15) is 119 Å². The number of hydrogen-bond donors (Lipinski definition) is 0. The fourth-order valence-electron chi connectivity index (χ4n) is 5.85. The maximum Gasteiger partial charge on any atom is 0.412 e. The molecule has 1 unspecified atom stereocenters. The first-order valence-corrected chi connectivity index (χ1v) is 14.2. The van der Waals surface area contributed by atoms with Gasteiger partial charge in [-0.15, -0.1) is 0 Å². The van der Waals surface area contributed by atoms with Crippen LogP contribution >= 0.6 is 0 Å². The number of rotatable bonds is 10. The van der Waals surface area contributed by atoms with Crippen LogP contribution in [0.15, 0.2) is 36.4 Å². The molecule has 6 heteroatoms. The molecule has 1 amide bonds. The van der Waals surface area contributed by atoms with E-state index in [-0.39, 0.29) is 23.8 Å². The molecular weight excluding hydrogens is 476 g/mol. The summed E-state index contributed by atoms with van der Waals surface area (Å²) in [6.45, 7) is 9.46. The summed E-state index contributed by atoms with van der Waals surface area (Å²) < 4.78 is 13.5. The molecule has 0 N–H and O–H groups in total. The van der Waals surface area contributed by atoms with Gasteiger partial charge in [0.2, 0.25) is 0 Å². The molecule has 6 nitrogen and oxygen atoms in total. The van der Waals surface area contributed by atoms with Crippen molar-refractivity contribution in [2.24, 2.45) is 7.05 Å². The van der Waals surface area contributed by atoms with Crippen LogP contribution in [0.25, 0.3) is 0 Å². The standard InChI is InChI=1S/C32H46N2O4/c1-31(2,3)38-30(36)34(32(4,5)37-7)26-18-17-25(21-26)27-19-20-28(33(27)6)29(35)10-8-9-22-11-13-23(14-12-22)24-15-16-24/h11-14,19-20,24-26H,8-10,15-18,21H2,1-7H3/t25-,26?/m0/s1. The van der Waals surface area contributed by atoms with Crippen molar-refractivity contribution in [2.75, 3.05) is 7.11 Å². The molecule has 2 fully saturated rings. The SMILES string of the molecule is COC(C)(C)N(C(=O)OC(C)(C)C)C1CC[C@H](c2ccc(C(=O)CCCc3ccc(C4CC4)cc3)n2C)C1. The lowest BCUT2D eigenvalue weighted by molar-refractivity contribution is -0.122. The number of ether oxygens (including phenoxy) is 2. The zero-order chi connectivity index (χ0) is 27.7. The van der Waals surface area contributed by atoms with Crippen LogP contribution in [0.3, 0.4) is 0 Å². The van der Waals surface area contributed by atoms with E-state index < -0.39 is 11.3 Å². The second-order valence-electron chi connectivity index (χ2n) is 12.7. The molecule has 1 heterocycles. The van der Waals surface area contributed by atoms with Crippen LogP contribution < -0.4 is 0 Å². The Morgan fingerprint density at radius 3 is 2.21 bits per heavy atom. The highest BCUT2D eigenvalue weighted by molar-refractivity contribution is 5.94. The Bertz CT molecular complexity index is 1120. The molecule has 2 aliphatic carbocycles. The minimum absolute atomic E-state index is 0.00477. The molecule has 0 radical (unpaired) electrons. The van der Waals surface area contributed by atoms with Gasteiger partial charge in [-0.1, -0.05) is 24.3 Å². The van der Waals surface area contributed by atoms with Crippen LogP contribution in [0.4, 0.5) is 4.79 Å². The maximum absolute atomic E-state index is 13.2. The normalized spacial score (nSPS) is 20.0. The Morgan fingerprint density at radius 2 is 1.61 bits per heavy atom. The molecule has 38 heavy (non-hydrogen) atoms. The first-order chi connectivity index (χ1) is 17.9. The van der Waals surface area contributed by atoms with Gasteiger partial charge in [0.15, 0.2) is 5.78 Å². The first kappa shape index (κ1) is 28.4. The quantitative estimate of drug-likeness (QED) is 0.241. The smallest absolute Gasteiger partial charge is 0.412 e. The number of ketones is 1. The number of benzene rings is 1. The van der Waals surface area contributed by atoms with Crippen molar-refractivity contribution in [2.45, 2.75) is 115 Å². The molecule has 0 bridgehead atoms. The van der Waals surface area contributed by atoms with Crippen molar-refractivity contribution in [1.82, 2.24) is 9.47 Å². The summed E-state index contributed by atoms with van der Waals surface area (Å²) in [6, 6.07) is 13.0. The Labute approximate surface area is 228 Å². The van der Waals surface area contributed by atoms with Crippen LogP contribution in [0.5, 0.6) is 0 Å². The van der Waals surface area contributed by atoms with E-state index >= 15 is 0 Å². The van der Waals surface area contributed by atoms with E-state index in [4.69, 9.17) is 9.47 Å². The molecule has 1 aromatic heterocycles. The lowest BCUT2D eigenvalue weighted by Crippen LogP contribution is -2.55. The lowest BCUT2D eigenvalue weighted by Gasteiger charge is -2.41. The summed E-state index contributed by atoms with van der Waals surface area (Å²) >= 11 is 0. The fourth-order valence-corrected chi connectivity index (χ4v) is 5.85. The van der Waals surface area contributed by atoms with Gasteiger partial charge in [0.25, 0.3) is 0 Å². The molecule has 0 saturated heterocycles. The van der Waals surface area contributed by atoms with E-state index in [1.54, 1.807) is 12.0 Å². The van der Waals surface area contributed by atoms with E-state index in [1.165, 1.54) is 24.0 Å². The number of aromatic nitrogens is 1. The van der Waals surface area contributed by atoms with Crippen LogP contribution in [-0.4, -0.2) is 45.8 Å². The minimum Gasteiger partial charge on any atom is -0.444 e. The van der Waals surface area contributed by atoms with Gasteiger partial charge in [-0.2, -0.15) is 0 Å². The summed E-state index contributed by atoms with van der Waals surface area (Å²) in [5, 5.41) is 0. The molecule has 1 aromatic carbocycles. The van der Waals surface area contributed by atoms with Crippen LogP contribution in [0.2, 0.25) is 0 Å². The van der Waals surface area contributed by atoms with E-state index in [1.807, 2.05) is 47.7 Å². The topological polar surface area (TPSA) is 60.8 Å². The Kier molecular flexibility index (Phi) is 8.41. The van der Waals surface area contributed by atoms with Gasteiger partial charge in [-0.3, -0.25) is 9.69 Å². The lowest BCUT2D eigenvalue weighted by atomic mass is 10.0. The van der Waals surface area contributed by atoms with Crippen molar-refractivity contribution in [3.8, 4) is 0 Å². The predicted octanol–water partition coefficient (Wildman–Crippen LogP) is 7.36. The number of amides is 1. The van der Waals surface area contributed by atoms with Crippen LogP contribution in [0, 0.1) is 0 Å². The van der Waals surface area contributed by atoms with Gasteiger partial charge < -0.3 is 14.0 Å². The highest BCUT2D eigenvalue weighted by Gasteiger charge is 2.43. The number of nitrogens with zero attached hydrogens (tertiary/aromatic N) is 2. The number of hydrogen-bond acceptors (Lipinski definition) is 4. The average molecular weight is 523 g/mol. The summed E-state index contributed by atoms with van der Waals surface area (Å²) in [5.74, 6) is 1.24. The highest BCUT2D eigenvalue weighted by atomic mass is 16.6. The number of carbonyl (C=O) groups is 2. The van der Waals surface area contributed by atoms with Crippen molar-refractivity contribution in [3.05, 3.63) is 58.9 Å². The third-order valence-corrected chi connectivity index (χ3v) is 8.20. The summed E-state index contributed by atoms with van der Waals surface area (Å²) in [4.78, 5) is 28.0. The minimum atomic E-state index is -0.782. The van der Waals surface area contributed by atoms with E-state index in [9.17, 15) is 9.59 Å². The zero-order valence-electron chi connectivity index (χ0n) is 24.4. The van der Waals surface area contributed by atoms with Gasteiger partial charge in [-0.05, 0) is 109 Å². The molecule has 2 aliphatic rings. The summed E-state index contributed by atoms with van der Waals surface area (Å²) in [7, 11) is 3.62. The average Bonchev–Trinajstić information content (AvgIpc) is 3.47. The fraction of sp³-hybridized carbons (Fsp3) is 0.625. The van der Waals surface area contributed by atoms with Crippen molar-refractivity contribution in [1.29, 1.82) is 0 Å². The number of aryl methyl sites for hydroxylation is 1. The molecule has 2 aromatic rings. The third-order valence-electron chi connectivity index (χ3n) is 8.20. The van der Waals surface area contributed by atoms with E-state index in [2.05, 4.69) is 34.9 Å². The van der Waals surface area contributed by atoms with Gasteiger partial charge in [0.05, 0.1) is 5.69 Å². The Balaban J connectivity index is 1.36. The van der Waals surface area contributed by atoms with Gasteiger partial charge in [-0.25, -0.2) is 4.79 Å². The van der Waals surface area contributed by atoms with Gasteiger partial charge in [0.1, 0.15) is 11.3 Å². The maximum atomic E-state index is 13.2. The Morgan fingerprint density at radius 1 is 0.947 bits per heavy atom. The number of carbonyl (C=O) groups excluding carboxylic acids is 2. The molecular formula is C32H46N2O4. The summed E-state index contributed by atoms with van der Waals surface area (Å²) in [5.41, 5.74) is 3.33. The zero-order valence-corrected chi connectivity index (χ0v) is 24.4. The molecule has 4 rings (SSSR count). The van der Waals surface area contributed by atoms with Crippen molar-refractivity contribution in [3.63, 3.8) is 0 Å². The molecule has 2 atom stereocenters. The second kappa shape index (κ2) is 11.3. The van der Waals surface area contributed by atoms with Crippen molar-refractivity contribution >= 4 is 11.9 Å². The number of methoxy groups -OCH3 is 1. The highest BCUT2D eigenvalue weighted by Crippen LogP contribution is 2.41. The third kappa shape index (κ3) is 6.69. The second-order valence-corrected chi connectivity index (χ2v) is 12.7. The monoisotopic (exact) mass is 522 g/mol. The summed E-state index contributed by atoms with van der Waals surface area (Å²) in [6.07, 6.45) is 7.25. The Hall–Kier alpha value is -2.60.